The van der Waals surface area contributed by atoms with Crippen LogP contribution in [0.1, 0.15) is 33.4 Å². The summed E-state index contributed by atoms with van der Waals surface area (Å²) in [6.45, 7) is 7.13. The molecule has 3 rings (SSSR count). The highest BCUT2D eigenvalue weighted by molar-refractivity contribution is 7.89. The molecule has 0 fully saturated rings. The van der Waals surface area contributed by atoms with Crippen molar-refractivity contribution in [3.8, 4) is 0 Å². The van der Waals surface area contributed by atoms with Crippen molar-refractivity contribution in [1.82, 2.24) is 14.7 Å². The number of hydrogen-bond donors (Lipinski definition) is 1. The summed E-state index contributed by atoms with van der Waals surface area (Å²) in [5.41, 5.74) is 7.27. The summed E-state index contributed by atoms with van der Waals surface area (Å²) < 4.78 is 28.6. The lowest BCUT2D eigenvalue weighted by Crippen LogP contribution is -2.39. The molecule has 0 aliphatic carbocycles. The van der Waals surface area contributed by atoms with Crippen molar-refractivity contribution in [3.05, 3.63) is 94.3 Å². The minimum atomic E-state index is -3.95. The van der Waals surface area contributed by atoms with Crippen LogP contribution < -0.4 is 5.43 Å². The van der Waals surface area contributed by atoms with Gasteiger partial charge < -0.3 is 0 Å². The van der Waals surface area contributed by atoms with Gasteiger partial charge in [0.15, 0.2) is 0 Å². The van der Waals surface area contributed by atoms with E-state index in [0.29, 0.717) is 16.7 Å². The number of nitrogens with one attached hydrogen (secondary N) is 1. The van der Waals surface area contributed by atoms with Gasteiger partial charge in [0.2, 0.25) is 10.0 Å². The summed E-state index contributed by atoms with van der Waals surface area (Å²) in [5.74, 6) is -0.534. The van der Waals surface area contributed by atoms with Crippen molar-refractivity contribution in [3.63, 3.8) is 0 Å². The predicted octanol–water partition coefficient (Wildman–Crippen LogP) is 3.66. The fourth-order valence-corrected chi connectivity index (χ4v) is 5.45. The first-order chi connectivity index (χ1) is 15.7. The molecule has 0 aliphatic heterocycles. The van der Waals surface area contributed by atoms with E-state index >= 15 is 0 Å². The maximum atomic E-state index is 13.7. The van der Waals surface area contributed by atoms with E-state index in [1.54, 1.807) is 38.4 Å². The predicted molar refractivity (Wildman–Crippen MR) is 129 cm³/mol. The summed E-state index contributed by atoms with van der Waals surface area (Å²) >= 11 is 0. The Hall–Kier alpha value is -3.36. The lowest BCUT2D eigenvalue weighted by Gasteiger charge is -2.24. The van der Waals surface area contributed by atoms with Crippen molar-refractivity contribution >= 4 is 22.1 Å². The van der Waals surface area contributed by atoms with E-state index in [4.69, 9.17) is 0 Å². The normalized spacial score (nSPS) is 11.8. The van der Waals surface area contributed by atoms with Gasteiger partial charge in [-0.2, -0.15) is 9.41 Å². The van der Waals surface area contributed by atoms with Crippen molar-refractivity contribution < 1.29 is 13.2 Å². The van der Waals surface area contributed by atoms with Gasteiger partial charge in [0.25, 0.3) is 5.91 Å². The van der Waals surface area contributed by atoms with Crippen LogP contribution in [0.15, 0.2) is 70.9 Å². The molecule has 0 unspecified atom stereocenters. The van der Waals surface area contributed by atoms with E-state index < -0.39 is 15.9 Å². The molecule has 0 saturated carbocycles. The number of nitrogens with zero attached hydrogens (tertiary/aromatic N) is 3. The summed E-state index contributed by atoms with van der Waals surface area (Å²) in [4.78, 5) is 16.9. The highest BCUT2D eigenvalue weighted by atomic mass is 32.2. The van der Waals surface area contributed by atoms with Gasteiger partial charge in [-0.25, -0.2) is 13.8 Å². The highest BCUT2D eigenvalue weighted by Gasteiger charge is 2.30. The number of rotatable bonds is 8. The quantitative estimate of drug-likeness (QED) is 0.407. The molecule has 8 heteroatoms. The van der Waals surface area contributed by atoms with Crippen LogP contribution in [0.5, 0.6) is 0 Å². The first kappa shape index (κ1) is 24.3. The van der Waals surface area contributed by atoms with Crippen LogP contribution >= 0.6 is 0 Å². The summed E-state index contributed by atoms with van der Waals surface area (Å²) in [5, 5.41) is 3.93. The molecule has 0 spiro atoms. The zero-order chi connectivity index (χ0) is 24.0. The second-order valence-corrected chi connectivity index (χ2v) is 9.94. The van der Waals surface area contributed by atoms with E-state index in [0.717, 1.165) is 16.7 Å². The largest absolute Gasteiger partial charge is 0.272 e. The molecule has 3 aromatic rings. The maximum Gasteiger partial charge on any atom is 0.255 e. The van der Waals surface area contributed by atoms with Gasteiger partial charge in [-0.05, 0) is 50.5 Å². The zero-order valence-corrected chi connectivity index (χ0v) is 20.1. The van der Waals surface area contributed by atoms with Gasteiger partial charge >= 0.3 is 0 Å². The first-order valence-corrected chi connectivity index (χ1v) is 12.0. The fourth-order valence-electron chi connectivity index (χ4n) is 3.65. The zero-order valence-electron chi connectivity index (χ0n) is 19.2. The Morgan fingerprint density at radius 1 is 1.03 bits per heavy atom. The van der Waals surface area contributed by atoms with E-state index in [1.807, 2.05) is 50.2 Å². The standard InChI is InChI=1S/C25H28N4O3S/c1-18-7-9-22(10-8-18)16-29(17-24(30)28-27-15-23-6-5-11-26-14-23)33(31,32)25-20(3)12-19(2)13-21(25)4/h5-15H,16-17H2,1-4H3,(H,28,30)/b27-15+. The summed E-state index contributed by atoms with van der Waals surface area (Å²) in [6.07, 6.45) is 4.70. The minimum absolute atomic E-state index is 0.0646. The average Bonchev–Trinajstić information content (AvgIpc) is 2.74. The van der Waals surface area contributed by atoms with Crippen LogP contribution in [0.25, 0.3) is 0 Å². The van der Waals surface area contributed by atoms with Gasteiger partial charge in [-0.3, -0.25) is 9.78 Å². The topological polar surface area (TPSA) is 91.7 Å². The third kappa shape index (κ3) is 6.34. The molecule has 1 aromatic heterocycles. The highest BCUT2D eigenvalue weighted by Crippen LogP contribution is 2.26. The number of aryl methyl sites for hydroxylation is 4. The third-order valence-corrected chi connectivity index (χ3v) is 7.19. The molecule has 1 amide bonds. The second kappa shape index (κ2) is 10.5. The van der Waals surface area contributed by atoms with Crippen LogP contribution in [-0.4, -0.2) is 36.4 Å². The summed E-state index contributed by atoms with van der Waals surface area (Å²) in [6, 6.07) is 14.8. The summed E-state index contributed by atoms with van der Waals surface area (Å²) in [7, 11) is -3.95. The molecule has 7 nitrogen and oxygen atoms in total. The molecule has 172 valence electrons. The van der Waals surface area contributed by atoms with Crippen LogP contribution in [0.4, 0.5) is 0 Å². The first-order valence-electron chi connectivity index (χ1n) is 10.5. The Morgan fingerprint density at radius 2 is 1.70 bits per heavy atom. The van der Waals surface area contributed by atoms with Gasteiger partial charge in [0.1, 0.15) is 0 Å². The van der Waals surface area contributed by atoms with Crippen LogP contribution in [0.2, 0.25) is 0 Å². The van der Waals surface area contributed by atoms with Gasteiger partial charge in [-0.15, -0.1) is 0 Å². The maximum absolute atomic E-state index is 13.7. The smallest absolute Gasteiger partial charge is 0.255 e. The van der Waals surface area contributed by atoms with Crippen molar-refractivity contribution in [2.45, 2.75) is 39.1 Å². The van der Waals surface area contributed by atoms with E-state index in [-0.39, 0.29) is 18.0 Å². The third-order valence-electron chi connectivity index (χ3n) is 5.09. The van der Waals surface area contributed by atoms with Crippen molar-refractivity contribution in [2.24, 2.45) is 5.10 Å². The molecule has 0 saturated heterocycles. The van der Waals surface area contributed by atoms with E-state index in [9.17, 15) is 13.2 Å². The Balaban J connectivity index is 1.88. The molecule has 2 aromatic carbocycles. The number of aromatic nitrogens is 1. The van der Waals surface area contributed by atoms with Gasteiger partial charge in [0.05, 0.1) is 17.7 Å². The lowest BCUT2D eigenvalue weighted by atomic mass is 10.1. The van der Waals surface area contributed by atoms with E-state index in [2.05, 4.69) is 15.5 Å². The molecule has 0 bridgehead atoms. The van der Waals surface area contributed by atoms with Gasteiger partial charge in [0, 0.05) is 24.5 Å². The Morgan fingerprint density at radius 3 is 2.30 bits per heavy atom. The molecular formula is C25H28N4O3S. The number of amides is 1. The van der Waals surface area contributed by atoms with Crippen molar-refractivity contribution in [2.75, 3.05) is 6.54 Å². The van der Waals surface area contributed by atoms with Crippen molar-refractivity contribution in [1.29, 1.82) is 0 Å². The number of benzene rings is 2. The Bertz CT molecular complexity index is 1230. The lowest BCUT2D eigenvalue weighted by molar-refractivity contribution is -0.121. The monoisotopic (exact) mass is 464 g/mol. The molecule has 0 aliphatic rings. The number of hydrogen-bond acceptors (Lipinski definition) is 5. The number of pyridine rings is 1. The molecule has 1 N–H and O–H groups in total. The fraction of sp³-hybridized carbons (Fsp3) is 0.240. The number of sulfonamides is 1. The van der Waals surface area contributed by atoms with Gasteiger partial charge in [-0.1, -0.05) is 53.6 Å². The second-order valence-electron chi connectivity index (χ2n) is 8.07. The van der Waals surface area contributed by atoms with Crippen LogP contribution in [0, 0.1) is 27.7 Å². The van der Waals surface area contributed by atoms with Crippen LogP contribution in [0.3, 0.4) is 0 Å². The average molecular weight is 465 g/mol. The SMILES string of the molecule is Cc1ccc(CN(CC(=O)N/N=C/c2cccnc2)S(=O)(=O)c2c(C)cc(C)cc2C)cc1. The number of carbonyl (C=O) groups excluding carboxylic acids is 1. The molecule has 33 heavy (non-hydrogen) atoms. The molecule has 1 heterocycles. The Kier molecular flexibility index (Phi) is 7.73. The molecule has 0 radical (unpaired) electrons. The minimum Gasteiger partial charge on any atom is -0.272 e. The van der Waals surface area contributed by atoms with Crippen LogP contribution in [-0.2, 0) is 21.4 Å². The molecule has 0 atom stereocenters. The number of carbonyl (C=O) groups is 1. The molecular weight excluding hydrogens is 436 g/mol. The van der Waals surface area contributed by atoms with E-state index in [1.165, 1.54) is 10.5 Å². The number of hydrazone groups is 1. The Labute approximate surface area is 195 Å².